The Balaban J connectivity index is 1.39. The zero-order chi connectivity index (χ0) is 27.6. The lowest BCUT2D eigenvalue weighted by Gasteiger charge is -2.19. The van der Waals surface area contributed by atoms with E-state index in [1.54, 1.807) is 0 Å². The summed E-state index contributed by atoms with van der Waals surface area (Å²) in [5, 5.41) is 5.84. The van der Waals surface area contributed by atoms with Crippen LogP contribution in [0.25, 0.3) is 22.0 Å². The molecule has 0 unspecified atom stereocenters. The van der Waals surface area contributed by atoms with Crippen LogP contribution in [-0.2, 0) is 48.9 Å². The average Bonchev–Trinajstić information content (AvgIpc) is 3.43. The van der Waals surface area contributed by atoms with Gasteiger partial charge in [0, 0.05) is 36.7 Å². The molecule has 1 aliphatic carbocycles. The number of ether oxygens (including phenoxy) is 3. The van der Waals surface area contributed by atoms with Crippen LogP contribution < -0.4 is 4.74 Å². The second-order valence-corrected chi connectivity index (χ2v) is 10.9. The molecule has 0 bridgehead atoms. The Labute approximate surface area is 236 Å². The first-order chi connectivity index (χ1) is 19.6. The fraction of sp³-hybridized carbons (Fsp3) is 0.455. The maximum absolute atomic E-state index is 13.5. The largest absolute Gasteiger partial charge is 0.493 e. The van der Waals surface area contributed by atoms with E-state index in [4.69, 9.17) is 19.3 Å². The van der Waals surface area contributed by atoms with E-state index in [-0.39, 0.29) is 5.97 Å². The lowest BCUT2D eigenvalue weighted by Crippen LogP contribution is -2.16. The molecule has 7 heteroatoms. The van der Waals surface area contributed by atoms with Crippen LogP contribution in [0.5, 0.6) is 5.75 Å². The van der Waals surface area contributed by atoms with Crippen molar-refractivity contribution in [3.8, 4) is 16.9 Å². The summed E-state index contributed by atoms with van der Waals surface area (Å²) in [6.07, 6.45) is 7.05. The van der Waals surface area contributed by atoms with Gasteiger partial charge in [0.05, 0.1) is 36.7 Å². The van der Waals surface area contributed by atoms with Crippen LogP contribution in [0.4, 0.5) is 0 Å². The van der Waals surface area contributed by atoms with Crippen LogP contribution in [0, 0.1) is 6.92 Å². The lowest BCUT2D eigenvalue weighted by atomic mass is 9.91. The molecule has 2 aromatic carbocycles. The topological polar surface area (TPSA) is 67.5 Å². The maximum atomic E-state index is 13.5. The minimum absolute atomic E-state index is 0.265. The second kappa shape index (κ2) is 11.5. The number of aromatic nitrogens is 3. The Morgan fingerprint density at radius 2 is 1.95 bits per heavy atom. The molecule has 0 fully saturated rings. The molecule has 0 saturated carbocycles. The van der Waals surface area contributed by atoms with Gasteiger partial charge >= 0.3 is 5.97 Å². The molecule has 2 aromatic heterocycles. The Kier molecular flexibility index (Phi) is 7.65. The van der Waals surface area contributed by atoms with E-state index < -0.39 is 0 Å². The first kappa shape index (κ1) is 26.6. The summed E-state index contributed by atoms with van der Waals surface area (Å²) in [7, 11) is 1.97. The van der Waals surface area contributed by atoms with E-state index in [9.17, 15) is 4.79 Å². The molecule has 210 valence electrons. The van der Waals surface area contributed by atoms with Crippen molar-refractivity contribution < 1.29 is 19.0 Å². The van der Waals surface area contributed by atoms with E-state index in [0.29, 0.717) is 38.7 Å². The van der Waals surface area contributed by atoms with Crippen molar-refractivity contribution in [2.24, 2.45) is 7.05 Å². The monoisotopic (exact) mass is 541 g/mol. The highest BCUT2D eigenvalue weighted by Gasteiger charge is 2.28. The number of carbonyl (C=O) groups excluding carboxylic acids is 1. The summed E-state index contributed by atoms with van der Waals surface area (Å²) in [4.78, 5) is 13.5. The highest BCUT2D eigenvalue weighted by molar-refractivity contribution is 6.04. The molecule has 7 nitrogen and oxygen atoms in total. The molecular weight excluding hydrogens is 502 g/mol. The summed E-state index contributed by atoms with van der Waals surface area (Å²) < 4.78 is 22.1. The van der Waals surface area contributed by atoms with Gasteiger partial charge in [0.1, 0.15) is 11.4 Å². The number of benzene rings is 2. The van der Waals surface area contributed by atoms with Gasteiger partial charge in [-0.3, -0.25) is 4.68 Å². The molecule has 0 spiro atoms. The van der Waals surface area contributed by atoms with Crippen LogP contribution in [0.3, 0.4) is 0 Å². The zero-order valence-corrected chi connectivity index (χ0v) is 23.9. The summed E-state index contributed by atoms with van der Waals surface area (Å²) in [5.74, 6) is 0.754. The Bertz CT molecular complexity index is 1550. The molecule has 4 aromatic rings. The van der Waals surface area contributed by atoms with Crippen LogP contribution in [0.15, 0.2) is 36.4 Å². The molecular formula is C33H39N3O4. The van der Waals surface area contributed by atoms with Gasteiger partial charge in [0.2, 0.25) is 0 Å². The fourth-order valence-corrected chi connectivity index (χ4v) is 6.62. The van der Waals surface area contributed by atoms with E-state index >= 15 is 0 Å². The van der Waals surface area contributed by atoms with Gasteiger partial charge in [-0.25, -0.2) is 4.79 Å². The average molecular weight is 542 g/mol. The number of fused-ring (bicyclic) bond motifs is 3. The normalized spacial score (nSPS) is 15.0. The summed E-state index contributed by atoms with van der Waals surface area (Å²) >= 11 is 0. The van der Waals surface area contributed by atoms with E-state index in [1.807, 2.05) is 25.6 Å². The highest BCUT2D eigenvalue weighted by atomic mass is 16.5. The molecule has 0 N–H and O–H groups in total. The highest BCUT2D eigenvalue weighted by Crippen LogP contribution is 2.39. The van der Waals surface area contributed by atoms with Gasteiger partial charge in [-0.15, -0.1) is 0 Å². The van der Waals surface area contributed by atoms with Gasteiger partial charge < -0.3 is 18.8 Å². The maximum Gasteiger partial charge on any atom is 0.355 e. The van der Waals surface area contributed by atoms with E-state index in [2.05, 4.69) is 41.0 Å². The minimum atomic E-state index is -0.265. The molecule has 40 heavy (non-hydrogen) atoms. The lowest BCUT2D eigenvalue weighted by molar-refractivity contribution is 0.0511. The number of nitrogens with zero attached hydrogens (tertiary/aromatic N) is 3. The SMILES string of the molecule is CCOC(=O)c1c(CCCOc2cccc3c2CCCC3)c2cccc3c2n1CCCOCc1c-3c(C)nn1C. The molecule has 3 heterocycles. The van der Waals surface area contributed by atoms with Gasteiger partial charge in [0.15, 0.2) is 0 Å². The van der Waals surface area contributed by atoms with Crippen LogP contribution in [-0.4, -0.2) is 40.1 Å². The van der Waals surface area contributed by atoms with Crippen molar-refractivity contribution in [2.75, 3.05) is 19.8 Å². The third kappa shape index (κ3) is 4.81. The second-order valence-electron chi connectivity index (χ2n) is 10.9. The van der Waals surface area contributed by atoms with Gasteiger partial charge in [-0.1, -0.05) is 30.3 Å². The zero-order valence-electron chi connectivity index (χ0n) is 23.9. The van der Waals surface area contributed by atoms with Crippen LogP contribution in [0.2, 0.25) is 0 Å². The molecule has 0 atom stereocenters. The summed E-state index contributed by atoms with van der Waals surface area (Å²) in [5.41, 5.74) is 9.77. The predicted octanol–water partition coefficient (Wildman–Crippen LogP) is 6.34. The number of para-hydroxylation sites is 1. The van der Waals surface area contributed by atoms with Crippen LogP contribution in [0.1, 0.15) is 71.2 Å². The van der Waals surface area contributed by atoms with Crippen molar-refractivity contribution in [3.05, 3.63) is 70.2 Å². The first-order valence-electron chi connectivity index (χ1n) is 14.7. The van der Waals surface area contributed by atoms with Crippen molar-refractivity contribution in [1.29, 1.82) is 0 Å². The Morgan fingerprint density at radius 3 is 2.83 bits per heavy atom. The molecule has 0 amide bonds. The predicted molar refractivity (Wildman–Crippen MR) is 156 cm³/mol. The quantitative estimate of drug-likeness (QED) is 0.202. The Morgan fingerprint density at radius 1 is 1.10 bits per heavy atom. The first-order valence-corrected chi connectivity index (χ1v) is 14.7. The number of esters is 1. The van der Waals surface area contributed by atoms with Gasteiger partial charge in [-0.05, 0) is 81.5 Å². The number of hydrogen-bond donors (Lipinski definition) is 0. The number of aryl methyl sites for hydroxylation is 5. The van der Waals surface area contributed by atoms with Crippen molar-refractivity contribution >= 4 is 16.9 Å². The number of carbonyl (C=O) groups is 1. The third-order valence-electron chi connectivity index (χ3n) is 8.36. The summed E-state index contributed by atoms with van der Waals surface area (Å²) in [6.45, 7) is 6.66. The van der Waals surface area contributed by atoms with Gasteiger partial charge in [0.25, 0.3) is 0 Å². The molecule has 2 aliphatic rings. The van der Waals surface area contributed by atoms with Crippen molar-refractivity contribution in [3.63, 3.8) is 0 Å². The summed E-state index contributed by atoms with van der Waals surface area (Å²) in [6, 6.07) is 12.8. The van der Waals surface area contributed by atoms with Crippen LogP contribution >= 0.6 is 0 Å². The third-order valence-corrected chi connectivity index (χ3v) is 8.36. The van der Waals surface area contributed by atoms with Crippen molar-refractivity contribution in [1.82, 2.24) is 14.3 Å². The van der Waals surface area contributed by atoms with Gasteiger partial charge in [-0.2, -0.15) is 5.10 Å². The molecule has 6 rings (SSSR count). The molecule has 0 saturated heterocycles. The Hall–Kier alpha value is -3.58. The molecule has 1 aliphatic heterocycles. The smallest absolute Gasteiger partial charge is 0.355 e. The number of rotatable bonds is 7. The van der Waals surface area contributed by atoms with Crippen molar-refractivity contribution in [2.45, 2.75) is 71.9 Å². The molecule has 0 radical (unpaired) electrons. The standard InChI is InChI=1S/C33H39N3O4/c1-4-39-33(37)32-26(16-9-20-40-29-17-7-12-23-11-5-6-13-24(23)29)25-14-8-15-27-30-22(2)34-35(3)28(30)21-38-19-10-18-36(32)31(25)27/h7-8,12,14-15,17H,4-6,9-11,13,16,18-21H2,1-3H3. The fourth-order valence-electron chi connectivity index (χ4n) is 6.62. The number of hydrogen-bond acceptors (Lipinski definition) is 5. The van der Waals surface area contributed by atoms with E-state index in [1.165, 1.54) is 24.0 Å². The minimum Gasteiger partial charge on any atom is -0.493 e. The van der Waals surface area contributed by atoms with E-state index in [0.717, 1.165) is 76.8 Å².